The van der Waals surface area contributed by atoms with Crippen molar-refractivity contribution in [2.45, 2.75) is 24.9 Å². The number of carbonyl (C=O) groups excluding carboxylic acids is 2. The molecule has 2 aliphatic heterocycles. The van der Waals surface area contributed by atoms with E-state index in [9.17, 15) is 19.5 Å². The van der Waals surface area contributed by atoms with Gasteiger partial charge in [0.2, 0.25) is 0 Å². The molecule has 3 atom stereocenters. The van der Waals surface area contributed by atoms with E-state index in [1.165, 1.54) is 6.26 Å². The Morgan fingerprint density at radius 1 is 1.09 bits per heavy atom. The van der Waals surface area contributed by atoms with Gasteiger partial charge in [0, 0.05) is 18.5 Å². The number of benzene rings is 2. The molecule has 4 aliphatic rings. The van der Waals surface area contributed by atoms with Gasteiger partial charge in [-0.25, -0.2) is 4.79 Å². The third kappa shape index (κ3) is 3.46. The van der Waals surface area contributed by atoms with Crippen molar-refractivity contribution in [3.05, 3.63) is 77.2 Å². The first-order valence-electron chi connectivity index (χ1n) is 11.6. The van der Waals surface area contributed by atoms with Crippen molar-refractivity contribution < 1.29 is 28.8 Å². The van der Waals surface area contributed by atoms with E-state index in [4.69, 9.17) is 9.26 Å². The van der Waals surface area contributed by atoms with Crippen LogP contribution in [0.4, 0.5) is 4.79 Å². The van der Waals surface area contributed by atoms with Crippen LogP contribution in [0, 0.1) is 11.8 Å². The van der Waals surface area contributed by atoms with Gasteiger partial charge < -0.3 is 24.6 Å². The average Bonchev–Trinajstić information content (AvgIpc) is 3.62. The predicted molar refractivity (Wildman–Crippen MR) is 122 cm³/mol. The SMILES string of the molecule is O=C(NCc1nocc1C(=O)N1CC2CC1C2C(=O)O)OCC1c2ccccc2-c2ccccc21. The van der Waals surface area contributed by atoms with Crippen molar-refractivity contribution in [1.29, 1.82) is 0 Å². The maximum Gasteiger partial charge on any atom is 0.407 e. The highest BCUT2D eigenvalue weighted by Crippen LogP contribution is 2.47. The van der Waals surface area contributed by atoms with E-state index in [0.29, 0.717) is 13.0 Å². The lowest BCUT2D eigenvalue weighted by atomic mass is 9.74. The van der Waals surface area contributed by atoms with Gasteiger partial charge >= 0.3 is 12.1 Å². The Morgan fingerprint density at radius 3 is 2.43 bits per heavy atom. The van der Waals surface area contributed by atoms with E-state index < -0.39 is 18.0 Å². The Morgan fingerprint density at radius 2 is 1.77 bits per heavy atom. The van der Waals surface area contributed by atoms with Gasteiger partial charge in [-0.15, -0.1) is 0 Å². The zero-order valence-electron chi connectivity index (χ0n) is 18.7. The molecular weight excluding hydrogens is 450 g/mol. The number of carboxylic acid groups (broad SMARTS) is 1. The largest absolute Gasteiger partial charge is 0.481 e. The normalized spacial score (nSPS) is 21.7. The number of amides is 2. The fourth-order valence-corrected chi connectivity index (χ4v) is 5.74. The Hall–Kier alpha value is -4.14. The smallest absolute Gasteiger partial charge is 0.407 e. The summed E-state index contributed by atoms with van der Waals surface area (Å²) in [4.78, 5) is 38.5. The summed E-state index contributed by atoms with van der Waals surface area (Å²) in [6, 6.07) is 15.9. The highest BCUT2D eigenvalue weighted by molar-refractivity contribution is 5.96. The molecule has 2 aromatic carbocycles. The van der Waals surface area contributed by atoms with Gasteiger partial charge in [0.15, 0.2) is 0 Å². The number of ether oxygens (including phenoxy) is 1. The first-order chi connectivity index (χ1) is 17.0. The van der Waals surface area contributed by atoms with Crippen molar-refractivity contribution in [1.82, 2.24) is 15.4 Å². The molecule has 2 amide bonds. The van der Waals surface area contributed by atoms with Gasteiger partial charge in [-0.1, -0.05) is 53.7 Å². The molecule has 2 bridgehead atoms. The quantitative estimate of drug-likeness (QED) is 0.563. The van der Waals surface area contributed by atoms with Gasteiger partial charge in [-0.2, -0.15) is 0 Å². The van der Waals surface area contributed by atoms with Gasteiger partial charge in [0.1, 0.15) is 24.1 Å². The Balaban J connectivity index is 1.08. The summed E-state index contributed by atoms with van der Waals surface area (Å²) in [5.41, 5.74) is 5.03. The topological polar surface area (TPSA) is 122 Å². The number of carboxylic acids is 1. The van der Waals surface area contributed by atoms with Crippen molar-refractivity contribution in [3.8, 4) is 11.1 Å². The molecule has 7 rings (SSSR count). The standard InChI is InChI=1S/C26H23N3O6/c30-24(29-11-14-9-22(29)23(14)25(31)32)20-13-35-28-21(20)10-27-26(33)34-12-19-17-7-3-1-5-15(17)16-6-2-4-8-18(16)19/h1-8,13-14,19,22-23H,9-12H2,(H,27,33)(H,31,32). The van der Waals surface area contributed by atoms with Crippen LogP contribution in [0.15, 0.2) is 59.3 Å². The molecule has 2 saturated heterocycles. The number of aliphatic carboxylic acids is 1. The van der Waals surface area contributed by atoms with Gasteiger partial charge in [-0.05, 0) is 34.6 Å². The fraction of sp³-hybridized carbons (Fsp3) is 0.308. The van der Waals surface area contributed by atoms with E-state index in [1.54, 1.807) is 4.90 Å². The van der Waals surface area contributed by atoms with E-state index in [0.717, 1.165) is 22.3 Å². The number of alkyl carbamates (subject to hydrolysis) is 1. The van der Waals surface area contributed by atoms with E-state index >= 15 is 0 Å². The zero-order valence-corrected chi connectivity index (χ0v) is 18.7. The average molecular weight is 473 g/mol. The number of carbonyl (C=O) groups is 3. The van der Waals surface area contributed by atoms with Crippen LogP contribution in [0.5, 0.6) is 0 Å². The van der Waals surface area contributed by atoms with Crippen LogP contribution >= 0.6 is 0 Å². The summed E-state index contributed by atoms with van der Waals surface area (Å²) < 4.78 is 10.5. The second kappa shape index (κ2) is 8.26. The molecule has 9 heteroatoms. The molecule has 2 N–H and O–H groups in total. The van der Waals surface area contributed by atoms with Gasteiger partial charge in [-0.3, -0.25) is 9.59 Å². The van der Waals surface area contributed by atoms with Crippen molar-refractivity contribution in [2.24, 2.45) is 11.8 Å². The fourth-order valence-electron chi connectivity index (χ4n) is 5.74. The molecule has 1 saturated carbocycles. The summed E-state index contributed by atoms with van der Waals surface area (Å²) in [6.07, 6.45) is 1.31. The number of hydrogen-bond donors (Lipinski definition) is 2. The summed E-state index contributed by atoms with van der Waals surface area (Å²) in [5.74, 6) is -1.78. The lowest BCUT2D eigenvalue weighted by Crippen LogP contribution is -2.45. The van der Waals surface area contributed by atoms with E-state index in [-0.39, 0.29) is 48.2 Å². The molecule has 0 radical (unpaired) electrons. The molecule has 3 unspecified atom stereocenters. The number of rotatable bonds is 6. The van der Waals surface area contributed by atoms with E-state index in [2.05, 4.69) is 22.6 Å². The monoisotopic (exact) mass is 473 g/mol. The molecular formula is C26H23N3O6. The van der Waals surface area contributed by atoms with Crippen LogP contribution in [0.25, 0.3) is 11.1 Å². The second-order valence-corrected chi connectivity index (χ2v) is 9.24. The molecule has 2 aliphatic carbocycles. The summed E-state index contributed by atoms with van der Waals surface area (Å²) in [7, 11) is 0. The first kappa shape index (κ1) is 21.4. The third-order valence-corrected chi connectivity index (χ3v) is 7.46. The summed E-state index contributed by atoms with van der Waals surface area (Å²) >= 11 is 0. The lowest BCUT2D eigenvalue weighted by molar-refractivity contribution is -0.147. The van der Waals surface area contributed by atoms with Crippen LogP contribution in [-0.2, 0) is 16.1 Å². The minimum Gasteiger partial charge on any atom is -0.481 e. The number of hydrogen-bond acceptors (Lipinski definition) is 6. The number of fused-ring (bicyclic) bond motifs is 4. The molecule has 1 aromatic heterocycles. The molecule has 9 nitrogen and oxygen atoms in total. The van der Waals surface area contributed by atoms with Crippen molar-refractivity contribution in [2.75, 3.05) is 13.2 Å². The van der Waals surface area contributed by atoms with Crippen LogP contribution in [-0.4, -0.2) is 52.3 Å². The third-order valence-electron chi connectivity index (χ3n) is 7.46. The molecule has 0 spiro atoms. The van der Waals surface area contributed by atoms with Gasteiger partial charge in [0.05, 0.1) is 12.5 Å². The Labute approximate surface area is 200 Å². The van der Waals surface area contributed by atoms with Crippen LogP contribution < -0.4 is 5.32 Å². The van der Waals surface area contributed by atoms with Crippen molar-refractivity contribution >= 4 is 18.0 Å². The van der Waals surface area contributed by atoms with Crippen LogP contribution in [0.2, 0.25) is 0 Å². The number of aromatic nitrogens is 1. The van der Waals surface area contributed by atoms with E-state index in [1.807, 2.05) is 36.4 Å². The highest BCUT2D eigenvalue weighted by atomic mass is 16.5. The second-order valence-electron chi connectivity index (χ2n) is 9.24. The number of nitrogens with zero attached hydrogens (tertiary/aromatic N) is 2. The molecule has 35 heavy (non-hydrogen) atoms. The van der Waals surface area contributed by atoms with Crippen molar-refractivity contribution in [3.63, 3.8) is 0 Å². The minimum absolute atomic E-state index is 0.0105. The highest BCUT2D eigenvalue weighted by Gasteiger charge is 2.57. The molecule has 178 valence electrons. The summed E-state index contributed by atoms with van der Waals surface area (Å²) in [6.45, 7) is 0.543. The first-order valence-corrected chi connectivity index (χ1v) is 11.6. The molecule has 3 aromatic rings. The summed E-state index contributed by atoms with van der Waals surface area (Å²) in [5, 5.41) is 15.9. The lowest BCUT2D eigenvalue weighted by Gasteiger charge is -2.32. The molecule has 3 fully saturated rings. The Bertz CT molecular complexity index is 1290. The van der Waals surface area contributed by atoms with Crippen LogP contribution in [0.1, 0.15) is 39.5 Å². The van der Waals surface area contributed by atoms with Gasteiger partial charge in [0.25, 0.3) is 5.91 Å². The van der Waals surface area contributed by atoms with Crippen LogP contribution in [0.3, 0.4) is 0 Å². The Kier molecular flexibility index (Phi) is 5.05. The number of nitrogens with one attached hydrogen (secondary N) is 1. The predicted octanol–water partition coefficient (Wildman–Crippen LogP) is 3.26. The minimum atomic E-state index is -0.871. The maximum atomic E-state index is 13.0. The zero-order chi connectivity index (χ0) is 24.1. The maximum absolute atomic E-state index is 13.0. The molecule has 3 heterocycles.